The van der Waals surface area contributed by atoms with Crippen molar-refractivity contribution in [1.82, 2.24) is 10.3 Å². The van der Waals surface area contributed by atoms with Gasteiger partial charge in [-0.2, -0.15) is 0 Å². The summed E-state index contributed by atoms with van der Waals surface area (Å²) in [6.45, 7) is 3.30. The van der Waals surface area contributed by atoms with Crippen LogP contribution in [0, 0.1) is 0 Å². The molecule has 0 fully saturated rings. The molecule has 0 bridgehead atoms. The SMILES string of the molecule is CCCNC(c1cccs1)C1CCCc2cccnc21. The quantitative estimate of drug-likeness (QED) is 0.886. The smallest absolute Gasteiger partial charge is 0.0499 e. The molecular formula is C17H22N2S. The minimum Gasteiger partial charge on any atom is -0.309 e. The molecule has 2 heterocycles. The molecule has 106 valence electrons. The zero-order valence-electron chi connectivity index (χ0n) is 12.0. The highest BCUT2D eigenvalue weighted by atomic mass is 32.1. The number of aromatic nitrogens is 1. The number of nitrogens with zero attached hydrogens (tertiary/aromatic N) is 1. The fourth-order valence-electron chi connectivity index (χ4n) is 3.18. The lowest BCUT2D eigenvalue weighted by molar-refractivity contribution is 0.398. The first-order chi connectivity index (χ1) is 9.90. The first kappa shape index (κ1) is 13.8. The van der Waals surface area contributed by atoms with Gasteiger partial charge >= 0.3 is 0 Å². The lowest BCUT2D eigenvalue weighted by Crippen LogP contribution is -2.30. The van der Waals surface area contributed by atoms with Crippen molar-refractivity contribution >= 4 is 11.3 Å². The van der Waals surface area contributed by atoms with Crippen LogP contribution in [0.5, 0.6) is 0 Å². The van der Waals surface area contributed by atoms with Gasteiger partial charge in [0.05, 0.1) is 0 Å². The van der Waals surface area contributed by atoms with Crippen molar-refractivity contribution in [3.05, 3.63) is 52.0 Å². The van der Waals surface area contributed by atoms with Crippen molar-refractivity contribution in [3.63, 3.8) is 0 Å². The summed E-state index contributed by atoms with van der Waals surface area (Å²) in [6.07, 6.45) is 6.82. The van der Waals surface area contributed by atoms with Gasteiger partial charge < -0.3 is 5.32 Å². The van der Waals surface area contributed by atoms with E-state index in [1.54, 1.807) is 0 Å². The average molecular weight is 286 g/mol. The number of rotatable bonds is 5. The van der Waals surface area contributed by atoms with Gasteiger partial charge in [0.15, 0.2) is 0 Å². The van der Waals surface area contributed by atoms with E-state index in [1.807, 2.05) is 17.5 Å². The maximum atomic E-state index is 4.70. The largest absolute Gasteiger partial charge is 0.309 e. The zero-order chi connectivity index (χ0) is 13.8. The standard InChI is InChI=1S/C17H22N2S/c1-2-10-18-17(15-9-5-12-20-15)14-8-3-6-13-7-4-11-19-16(13)14/h4-5,7,9,11-12,14,17-18H,2-3,6,8,10H2,1H3. The minimum atomic E-state index is 0.420. The lowest BCUT2D eigenvalue weighted by Gasteiger charge is -2.31. The maximum Gasteiger partial charge on any atom is 0.0499 e. The Morgan fingerprint density at radius 1 is 1.40 bits per heavy atom. The Balaban J connectivity index is 1.92. The lowest BCUT2D eigenvalue weighted by atomic mass is 9.81. The summed E-state index contributed by atoms with van der Waals surface area (Å²) >= 11 is 1.86. The van der Waals surface area contributed by atoms with Gasteiger partial charge in [-0.3, -0.25) is 4.98 Å². The molecule has 0 saturated heterocycles. The predicted octanol–water partition coefficient (Wildman–Crippen LogP) is 4.30. The van der Waals surface area contributed by atoms with E-state index in [2.05, 4.69) is 41.9 Å². The molecule has 0 amide bonds. The van der Waals surface area contributed by atoms with Crippen LogP contribution in [0.1, 0.15) is 54.3 Å². The van der Waals surface area contributed by atoms with Gasteiger partial charge in [-0.25, -0.2) is 0 Å². The van der Waals surface area contributed by atoms with Gasteiger partial charge in [-0.1, -0.05) is 19.1 Å². The van der Waals surface area contributed by atoms with Crippen LogP contribution in [0.15, 0.2) is 35.8 Å². The van der Waals surface area contributed by atoms with E-state index in [4.69, 9.17) is 4.98 Å². The van der Waals surface area contributed by atoms with E-state index in [0.29, 0.717) is 12.0 Å². The second-order valence-corrected chi connectivity index (χ2v) is 6.47. The van der Waals surface area contributed by atoms with Crippen molar-refractivity contribution in [2.75, 3.05) is 6.54 Å². The third-order valence-corrected chi connectivity index (χ3v) is 5.06. The van der Waals surface area contributed by atoms with E-state index in [-0.39, 0.29) is 0 Å². The molecule has 1 aliphatic carbocycles. The van der Waals surface area contributed by atoms with E-state index >= 15 is 0 Å². The van der Waals surface area contributed by atoms with Crippen LogP contribution in [0.2, 0.25) is 0 Å². The predicted molar refractivity (Wildman–Crippen MR) is 85.3 cm³/mol. The van der Waals surface area contributed by atoms with Crippen LogP contribution < -0.4 is 5.32 Å². The molecule has 0 saturated carbocycles. The average Bonchev–Trinajstić information content (AvgIpc) is 3.02. The second-order valence-electron chi connectivity index (χ2n) is 5.49. The van der Waals surface area contributed by atoms with Crippen LogP contribution >= 0.6 is 11.3 Å². The Morgan fingerprint density at radius 3 is 3.15 bits per heavy atom. The number of hydrogen-bond acceptors (Lipinski definition) is 3. The first-order valence-electron chi connectivity index (χ1n) is 7.60. The molecule has 0 aliphatic heterocycles. The summed E-state index contributed by atoms with van der Waals surface area (Å²) in [5.41, 5.74) is 2.77. The van der Waals surface area contributed by atoms with Crippen LogP contribution in [-0.2, 0) is 6.42 Å². The highest BCUT2D eigenvalue weighted by Crippen LogP contribution is 2.40. The Labute approximate surface area is 125 Å². The maximum absolute atomic E-state index is 4.70. The summed E-state index contributed by atoms with van der Waals surface area (Å²) in [6, 6.07) is 9.16. The Bertz CT molecular complexity index is 536. The molecule has 20 heavy (non-hydrogen) atoms. The molecule has 3 heteroatoms. The molecule has 2 unspecified atom stereocenters. The monoisotopic (exact) mass is 286 g/mol. The molecule has 2 aromatic rings. The Hall–Kier alpha value is -1.19. The van der Waals surface area contributed by atoms with Gasteiger partial charge in [-0.05, 0) is 55.3 Å². The summed E-state index contributed by atoms with van der Waals surface area (Å²) in [5.74, 6) is 0.519. The fraction of sp³-hybridized carbons (Fsp3) is 0.471. The molecule has 1 N–H and O–H groups in total. The number of pyridine rings is 1. The summed E-state index contributed by atoms with van der Waals surface area (Å²) in [4.78, 5) is 6.15. The molecule has 1 aliphatic rings. The molecule has 3 rings (SSSR count). The van der Waals surface area contributed by atoms with Crippen molar-refractivity contribution in [1.29, 1.82) is 0 Å². The van der Waals surface area contributed by atoms with Crippen molar-refractivity contribution in [2.24, 2.45) is 0 Å². The Kier molecular flexibility index (Phi) is 4.48. The normalized spacial score (nSPS) is 19.6. The van der Waals surface area contributed by atoms with Crippen molar-refractivity contribution in [3.8, 4) is 0 Å². The molecule has 2 atom stereocenters. The molecule has 0 radical (unpaired) electrons. The summed E-state index contributed by atoms with van der Waals surface area (Å²) < 4.78 is 0. The number of fused-ring (bicyclic) bond motifs is 1. The van der Waals surface area contributed by atoms with Crippen molar-refractivity contribution in [2.45, 2.75) is 44.6 Å². The van der Waals surface area contributed by atoms with E-state index in [1.165, 1.54) is 41.8 Å². The topological polar surface area (TPSA) is 24.9 Å². The molecule has 2 aromatic heterocycles. The Morgan fingerprint density at radius 2 is 2.35 bits per heavy atom. The second kappa shape index (κ2) is 6.51. The van der Waals surface area contributed by atoms with Crippen molar-refractivity contribution < 1.29 is 0 Å². The van der Waals surface area contributed by atoms with Crippen LogP contribution in [0.4, 0.5) is 0 Å². The molecule has 0 aromatic carbocycles. The third-order valence-electron chi connectivity index (χ3n) is 4.10. The van der Waals surface area contributed by atoms with E-state index in [0.717, 1.165) is 6.54 Å². The number of aryl methyl sites for hydroxylation is 1. The van der Waals surface area contributed by atoms with Gasteiger partial charge in [0.1, 0.15) is 0 Å². The summed E-state index contributed by atoms with van der Waals surface area (Å²) in [7, 11) is 0. The molecule has 2 nitrogen and oxygen atoms in total. The highest BCUT2D eigenvalue weighted by Gasteiger charge is 2.30. The van der Waals surface area contributed by atoms with Gasteiger partial charge in [0, 0.05) is 28.7 Å². The van der Waals surface area contributed by atoms with Crippen LogP contribution in [0.3, 0.4) is 0 Å². The third kappa shape index (κ3) is 2.79. The van der Waals surface area contributed by atoms with Crippen LogP contribution in [0.25, 0.3) is 0 Å². The zero-order valence-corrected chi connectivity index (χ0v) is 12.8. The van der Waals surface area contributed by atoms with Gasteiger partial charge in [0.25, 0.3) is 0 Å². The molecule has 0 spiro atoms. The van der Waals surface area contributed by atoms with Crippen LogP contribution in [-0.4, -0.2) is 11.5 Å². The van der Waals surface area contributed by atoms with Gasteiger partial charge in [-0.15, -0.1) is 11.3 Å². The number of thiophene rings is 1. The van der Waals surface area contributed by atoms with E-state index < -0.39 is 0 Å². The minimum absolute atomic E-state index is 0.420. The highest BCUT2D eigenvalue weighted by molar-refractivity contribution is 7.10. The van der Waals surface area contributed by atoms with E-state index in [9.17, 15) is 0 Å². The van der Waals surface area contributed by atoms with Gasteiger partial charge in [0.2, 0.25) is 0 Å². The number of hydrogen-bond donors (Lipinski definition) is 1. The fourth-order valence-corrected chi connectivity index (χ4v) is 4.04. The molecular weight excluding hydrogens is 264 g/mol. The first-order valence-corrected chi connectivity index (χ1v) is 8.48. The number of nitrogens with one attached hydrogen (secondary N) is 1. The summed E-state index contributed by atoms with van der Waals surface area (Å²) in [5, 5.41) is 5.93.